The predicted octanol–water partition coefficient (Wildman–Crippen LogP) is 4.59. The van der Waals surface area contributed by atoms with E-state index in [1.807, 2.05) is 24.3 Å². The summed E-state index contributed by atoms with van der Waals surface area (Å²) in [6.45, 7) is 7.67. The molecule has 1 fully saturated rings. The van der Waals surface area contributed by atoms with Crippen molar-refractivity contribution in [2.75, 3.05) is 6.61 Å². The molecule has 106 valence electrons. The van der Waals surface area contributed by atoms with E-state index in [1.165, 1.54) is 0 Å². The summed E-state index contributed by atoms with van der Waals surface area (Å²) in [5, 5.41) is 0.762. The summed E-state index contributed by atoms with van der Waals surface area (Å²) in [6.07, 6.45) is 3.21. The molecule has 1 heterocycles. The first-order valence-corrected chi connectivity index (χ1v) is 7.35. The monoisotopic (exact) mass is 282 g/mol. The minimum absolute atomic E-state index is 0.0164. The van der Waals surface area contributed by atoms with Gasteiger partial charge < -0.3 is 9.47 Å². The molecule has 1 aliphatic heterocycles. The third kappa shape index (κ3) is 3.71. The number of hydrogen-bond donors (Lipinski definition) is 0. The molecule has 0 aliphatic carbocycles. The Labute approximate surface area is 121 Å². The maximum atomic E-state index is 6.20. The van der Waals surface area contributed by atoms with Gasteiger partial charge in [-0.3, -0.25) is 0 Å². The van der Waals surface area contributed by atoms with Crippen LogP contribution in [-0.4, -0.2) is 17.8 Å². The zero-order chi connectivity index (χ0) is 13.9. The van der Waals surface area contributed by atoms with Crippen molar-refractivity contribution in [2.45, 2.75) is 57.8 Å². The molecule has 0 N–H and O–H groups in total. The van der Waals surface area contributed by atoms with Gasteiger partial charge in [0.15, 0.2) is 0 Å². The molecule has 2 rings (SSSR count). The Balaban J connectivity index is 1.85. The zero-order valence-corrected chi connectivity index (χ0v) is 12.8. The first-order valence-electron chi connectivity index (χ1n) is 6.98. The number of rotatable bonds is 5. The summed E-state index contributed by atoms with van der Waals surface area (Å²) in [5.74, 6) is 0. The molecule has 19 heavy (non-hydrogen) atoms. The molecule has 0 aromatic heterocycles. The molecule has 2 atom stereocenters. The molecule has 0 amide bonds. The molecule has 1 aromatic carbocycles. The third-order valence-corrected chi connectivity index (χ3v) is 4.41. The van der Waals surface area contributed by atoms with Crippen molar-refractivity contribution in [3.63, 3.8) is 0 Å². The van der Waals surface area contributed by atoms with Crippen LogP contribution in [0.3, 0.4) is 0 Å². The Bertz CT molecular complexity index is 435. The van der Waals surface area contributed by atoms with Crippen LogP contribution in [0.2, 0.25) is 5.02 Å². The van der Waals surface area contributed by atoms with E-state index in [0.717, 1.165) is 29.8 Å². The van der Waals surface area contributed by atoms with E-state index < -0.39 is 0 Å². The van der Waals surface area contributed by atoms with Crippen molar-refractivity contribution in [1.29, 1.82) is 0 Å². The van der Waals surface area contributed by atoms with E-state index >= 15 is 0 Å². The van der Waals surface area contributed by atoms with E-state index in [4.69, 9.17) is 21.1 Å². The molecule has 0 spiro atoms. The topological polar surface area (TPSA) is 18.5 Å². The lowest BCUT2D eigenvalue weighted by Crippen LogP contribution is -2.34. The summed E-state index contributed by atoms with van der Waals surface area (Å²) in [4.78, 5) is 0. The van der Waals surface area contributed by atoms with Gasteiger partial charge in [0.05, 0.1) is 24.4 Å². The van der Waals surface area contributed by atoms with Crippen molar-refractivity contribution in [3.8, 4) is 0 Å². The van der Waals surface area contributed by atoms with Crippen molar-refractivity contribution in [2.24, 2.45) is 0 Å². The van der Waals surface area contributed by atoms with Crippen molar-refractivity contribution in [1.82, 2.24) is 0 Å². The summed E-state index contributed by atoms with van der Waals surface area (Å²) >= 11 is 6.11. The Morgan fingerprint density at radius 3 is 2.53 bits per heavy atom. The van der Waals surface area contributed by atoms with Crippen LogP contribution in [0, 0.1) is 0 Å². The largest absolute Gasteiger partial charge is 0.374 e. The minimum atomic E-state index is -0.161. The molecular weight excluding hydrogens is 260 g/mol. The second-order valence-corrected chi connectivity index (χ2v) is 6.35. The molecule has 3 heteroatoms. The zero-order valence-electron chi connectivity index (χ0n) is 12.0. The summed E-state index contributed by atoms with van der Waals surface area (Å²) in [6, 6.07) is 7.80. The normalized spacial score (nSPS) is 30.7. The summed E-state index contributed by atoms with van der Waals surface area (Å²) in [7, 11) is 0. The lowest BCUT2D eigenvalue weighted by atomic mass is 9.97. The first-order chi connectivity index (χ1) is 8.96. The highest BCUT2D eigenvalue weighted by molar-refractivity contribution is 6.31. The van der Waals surface area contributed by atoms with Crippen molar-refractivity contribution >= 4 is 11.6 Å². The van der Waals surface area contributed by atoms with Gasteiger partial charge >= 0.3 is 0 Å². The first kappa shape index (κ1) is 14.8. The Kier molecular flexibility index (Phi) is 4.54. The molecule has 0 bridgehead atoms. The number of halogens is 1. The summed E-state index contributed by atoms with van der Waals surface area (Å²) < 4.78 is 12.0. The van der Waals surface area contributed by atoms with E-state index in [9.17, 15) is 0 Å². The molecule has 2 nitrogen and oxygen atoms in total. The predicted molar refractivity (Wildman–Crippen MR) is 78.5 cm³/mol. The quantitative estimate of drug-likeness (QED) is 0.786. The molecule has 1 aromatic rings. The van der Waals surface area contributed by atoms with Gasteiger partial charge in [-0.15, -0.1) is 0 Å². The van der Waals surface area contributed by atoms with Crippen LogP contribution < -0.4 is 0 Å². The lowest BCUT2D eigenvalue weighted by molar-refractivity contribution is -0.123. The number of benzene rings is 1. The average molecular weight is 283 g/mol. The van der Waals surface area contributed by atoms with E-state index in [-0.39, 0.29) is 11.2 Å². The Hall–Kier alpha value is -0.570. The Morgan fingerprint density at radius 1 is 1.21 bits per heavy atom. The van der Waals surface area contributed by atoms with Crippen LogP contribution in [-0.2, 0) is 16.1 Å². The average Bonchev–Trinajstić information content (AvgIpc) is 2.69. The number of ether oxygens (including phenoxy) is 2. The molecule has 1 saturated heterocycles. The van der Waals surface area contributed by atoms with Gasteiger partial charge in [-0.25, -0.2) is 0 Å². The van der Waals surface area contributed by atoms with Crippen LogP contribution in [0.4, 0.5) is 0 Å². The van der Waals surface area contributed by atoms with Crippen molar-refractivity contribution in [3.05, 3.63) is 34.9 Å². The molecule has 2 unspecified atom stereocenters. The fourth-order valence-electron chi connectivity index (χ4n) is 2.57. The maximum Gasteiger partial charge on any atom is 0.0895 e. The minimum Gasteiger partial charge on any atom is -0.374 e. The van der Waals surface area contributed by atoms with Gasteiger partial charge in [-0.1, -0.05) is 36.7 Å². The highest BCUT2D eigenvalue weighted by atomic mass is 35.5. The van der Waals surface area contributed by atoms with E-state index in [1.54, 1.807) is 0 Å². The fourth-order valence-corrected chi connectivity index (χ4v) is 2.76. The molecule has 0 radical (unpaired) electrons. The highest BCUT2D eigenvalue weighted by Gasteiger charge is 2.42. The van der Waals surface area contributed by atoms with Crippen LogP contribution in [0.15, 0.2) is 24.3 Å². The van der Waals surface area contributed by atoms with Gasteiger partial charge in [0.25, 0.3) is 0 Å². The van der Waals surface area contributed by atoms with Gasteiger partial charge in [0.1, 0.15) is 0 Å². The third-order valence-electron chi connectivity index (χ3n) is 4.05. The van der Waals surface area contributed by atoms with Crippen LogP contribution >= 0.6 is 11.6 Å². The van der Waals surface area contributed by atoms with E-state index in [2.05, 4.69) is 20.8 Å². The second kappa shape index (κ2) is 5.82. The molecular formula is C16H23ClO2. The van der Waals surface area contributed by atoms with Gasteiger partial charge in [-0.2, -0.15) is 0 Å². The molecule has 1 aliphatic rings. The summed E-state index contributed by atoms with van der Waals surface area (Å²) in [5.41, 5.74) is 0.887. The van der Waals surface area contributed by atoms with Crippen LogP contribution in [0.5, 0.6) is 0 Å². The number of hydrogen-bond acceptors (Lipinski definition) is 2. The fraction of sp³-hybridized carbons (Fsp3) is 0.625. The van der Waals surface area contributed by atoms with Gasteiger partial charge in [0, 0.05) is 5.02 Å². The van der Waals surface area contributed by atoms with Gasteiger partial charge in [0.2, 0.25) is 0 Å². The smallest absolute Gasteiger partial charge is 0.0895 e. The lowest BCUT2D eigenvalue weighted by Gasteiger charge is -2.29. The SMILES string of the molecule is CCC1(C)CCC(C)(COCc2ccccc2Cl)O1. The van der Waals surface area contributed by atoms with Crippen LogP contribution in [0.25, 0.3) is 0 Å². The maximum absolute atomic E-state index is 6.20. The van der Waals surface area contributed by atoms with Gasteiger partial charge in [-0.05, 0) is 44.7 Å². The second-order valence-electron chi connectivity index (χ2n) is 5.94. The van der Waals surface area contributed by atoms with Crippen LogP contribution in [0.1, 0.15) is 45.6 Å². The van der Waals surface area contributed by atoms with Crippen molar-refractivity contribution < 1.29 is 9.47 Å². The van der Waals surface area contributed by atoms with E-state index in [0.29, 0.717) is 13.2 Å². The Morgan fingerprint density at radius 2 is 1.89 bits per heavy atom. The standard InChI is InChI=1S/C16H23ClO2/c1-4-15(2)9-10-16(3,19-15)12-18-11-13-7-5-6-8-14(13)17/h5-8H,4,9-12H2,1-3H3. The highest BCUT2D eigenvalue weighted by Crippen LogP contribution is 2.39. The molecule has 0 saturated carbocycles.